The van der Waals surface area contributed by atoms with Crippen LogP contribution in [0.2, 0.25) is 0 Å². The summed E-state index contributed by atoms with van der Waals surface area (Å²) in [7, 11) is 0. The standard InChI is InChI=1S/C16H26N2/c1-2-3-4-5-14-6-8-15(9-7-14)18-16-10-12-17-13-11-16/h6-9,16-18H,2-5,10-13H2,1H3. The summed E-state index contributed by atoms with van der Waals surface area (Å²) in [4.78, 5) is 0. The number of aryl methyl sites for hydroxylation is 1. The van der Waals surface area contributed by atoms with E-state index in [1.165, 1.54) is 49.8 Å². The van der Waals surface area contributed by atoms with Crippen LogP contribution in [0.15, 0.2) is 24.3 Å². The Labute approximate surface area is 111 Å². The molecule has 0 atom stereocenters. The first-order chi connectivity index (χ1) is 8.88. The van der Waals surface area contributed by atoms with Gasteiger partial charge in [-0.2, -0.15) is 0 Å². The van der Waals surface area contributed by atoms with Gasteiger partial charge in [0, 0.05) is 11.7 Å². The topological polar surface area (TPSA) is 24.1 Å². The predicted molar refractivity (Wildman–Crippen MR) is 79.2 cm³/mol. The first kappa shape index (κ1) is 13.4. The molecular weight excluding hydrogens is 220 g/mol. The van der Waals surface area contributed by atoms with E-state index in [1.807, 2.05) is 0 Å². The predicted octanol–water partition coefficient (Wildman–Crippen LogP) is 3.58. The Hall–Kier alpha value is -1.02. The summed E-state index contributed by atoms with van der Waals surface area (Å²) in [6.45, 7) is 4.55. The largest absolute Gasteiger partial charge is 0.382 e. The highest BCUT2D eigenvalue weighted by Crippen LogP contribution is 2.15. The molecule has 0 unspecified atom stereocenters. The molecule has 0 amide bonds. The zero-order valence-electron chi connectivity index (χ0n) is 11.5. The van der Waals surface area contributed by atoms with Gasteiger partial charge in [0.15, 0.2) is 0 Å². The maximum atomic E-state index is 3.64. The SMILES string of the molecule is CCCCCc1ccc(NC2CCNCC2)cc1. The molecule has 2 N–H and O–H groups in total. The smallest absolute Gasteiger partial charge is 0.0342 e. The first-order valence-corrected chi connectivity index (χ1v) is 7.44. The van der Waals surface area contributed by atoms with E-state index in [1.54, 1.807) is 0 Å². The first-order valence-electron chi connectivity index (χ1n) is 7.44. The fourth-order valence-corrected chi connectivity index (χ4v) is 2.55. The van der Waals surface area contributed by atoms with Crippen molar-refractivity contribution in [3.8, 4) is 0 Å². The third kappa shape index (κ3) is 4.34. The number of nitrogens with one attached hydrogen (secondary N) is 2. The van der Waals surface area contributed by atoms with Gasteiger partial charge in [-0.05, 0) is 56.5 Å². The number of anilines is 1. The van der Waals surface area contributed by atoms with Crippen LogP contribution in [0.5, 0.6) is 0 Å². The summed E-state index contributed by atoms with van der Waals surface area (Å²) < 4.78 is 0. The van der Waals surface area contributed by atoms with E-state index in [4.69, 9.17) is 0 Å². The van der Waals surface area contributed by atoms with Crippen molar-refractivity contribution >= 4 is 5.69 Å². The van der Waals surface area contributed by atoms with Gasteiger partial charge in [-0.3, -0.25) is 0 Å². The van der Waals surface area contributed by atoms with E-state index in [0.717, 1.165) is 13.1 Å². The molecule has 2 rings (SSSR count). The van der Waals surface area contributed by atoms with Crippen LogP contribution >= 0.6 is 0 Å². The van der Waals surface area contributed by atoms with Crippen LogP contribution in [-0.4, -0.2) is 19.1 Å². The van der Waals surface area contributed by atoms with Crippen molar-refractivity contribution in [2.24, 2.45) is 0 Å². The molecular formula is C16H26N2. The lowest BCUT2D eigenvalue weighted by molar-refractivity contribution is 0.479. The van der Waals surface area contributed by atoms with Gasteiger partial charge in [0.2, 0.25) is 0 Å². The lowest BCUT2D eigenvalue weighted by Crippen LogP contribution is -2.35. The Balaban J connectivity index is 1.79. The molecule has 1 aliphatic heterocycles. The van der Waals surface area contributed by atoms with E-state index in [0.29, 0.717) is 6.04 Å². The molecule has 1 heterocycles. The quantitative estimate of drug-likeness (QED) is 0.750. The molecule has 2 nitrogen and oxygen atoms in total. The third-order valence-corrected chi connectivity index (χ3v) is 3.73. The van der Waals surface area contributed by atoms with Crippen molar-refractivity contribution in [1.29, 1.82) is 0 Å². The van der Waals surface area contributed by atoms with Crippen molar-refractivity contribution in [2.45, 2.75) is 51.5 Å². The van der Waals surface area contributed by atoms with Crippen LogP contribution in [0.3, 0.4) is 0 Å². The zero-order valence-corrected chi connectivity index (χ0v) is 11.5. The summed E-state index contributed by atoms with van der Waals surface area (Å²) in [5, 5.41) is 7.03. The minimum absolute atomic E-state index is 0.650. The van der Waals surface area contributed by atoms with Gasteiger partial charge in [0.1, 0.15) is 0 Å². The summed E-state index contributed by atoms with van der Waals surface area (Å²) in [6, 6.07) is 9.68. The van der Waals surface area contributed by atoms with E-state index in [9.17, 15) is 0 Å². The molecule has 1 aliphatic rings. The fourth-order valence-electron chi connectivity index (χ4n) is 2.55. The Kier molecular flexibility index (Phi) is 5.53. The maximum absolute atomic E-state index is 3.64. The normalized spacial score (nSPS) is 16.7. The van der Waals surface area contributed by atoms with Crippen molar-refractivity contribution in [3.63, 3.8) is 0 Å². The number of hydrogen-bond acceptors (Lipinski definition) is 2. The van der Waals surface area contributed by atoms with E-state index < -0.39 is 0 Å². The van der Waals surface area contributed by atoms with Crippen LogP contribution in [0.1, 0.15) is 44.6 Å². The van der Waals surface area contributed by atoms with Gasteiger partial charge in [-0.1, -0.05) is 31.9 Å². The Bertz CT molecular complexity index is 325. The molecule has 1 aromatic carbocycles. The molecule has 1 aromatic rings. The molecule has 1 fully saturated rings. The van der Waals surface area contributed by atoms with Crippen LogP contribution in [0.4, 0.5) is 5.69 Å². The van der Waals surface area contributed by atoms with Gasteiger partial charge >= 0.3 is 0 Å². The average Bonchev–Trinajstić information content (AvgIpc) is 2.42. The molecule has 2 heteroatoms. The molecule has 0 saturated carbocycles. The van der Waals surface area contributed by atoms with Gasteiger partial charge in [-0.15, -0.1) is 0 Å². The van der Waals surface area contributed by atoms with Crippen molar-refractivity contribution < 1.29 is 0 Å². The maximum Gasteiger partial charge on any atom is 0.0342 e. The van der Waals surface area contributed by atoms with Crippen molar-refractivity contribution in [1.82, 2.24) is 5.32 Å². The van der Waals surface area contributed by atoms with Gasteiger partial charge in [0.05, 0.1) is 0 Å². The Morgan fingerprint density at radius 3 is 2.50 bits per heavy atom. The van der Waals surface area contributed by atoms with Gasteiger partial charge in [0.25, 0.3) is 0 Å². The summed E-state index contributed by atoms with van der Waals surface area (Å²) >= 11 is 0. The average molecular weight is 246 g/mol. The van der Waals surface area contributed by atoms with E-state index in [-0.39, 0.29) is 0 Å². The number of hydrogen-bond donors (Lipinski definition) is 2. The number of unbranched alkanes of at least 4 members (excludes halogenated alkanes) is 2. The van der Waals surface area contributed by atoms with Gasteiger partial charge < -0.3 is 10.6 Å². The highest BCUT2D eigenvalue weighted by molar-refractivity contribution is 5.45. The fraction of sp³-hybridized carbons (Fsp3) is 0.625. The van der Waals surface area contributed by atoms with Gasteiger partial charge in [-0.25, -0.2) is 0 Å². The second-order valence-electron chi connectivity index (χ2n) is 5.32. The molecule has 0 aromatic heterocycles. The monoisotopic (exact) mass is 246 g/mol. The van der Waals surface area contributed by atoms with E-state index in [2.05, 4.69) is 41.8 Å². The number of rotatable bonds is 6. The highest BCUT2D eigenvalue weighted by atomic mass is 15.0. The molecule has 0 spiro atoms. The lowest BCUT2D eigenvalue weighted by atomic mass is 10.0. The van der Waals surface area contributed by atoms with Crippen LogP contribution in [-0.2, 0) is 6.42 Å². The van der Waals surface area contributed by atoms with Crippen LogP contribution in [0.25, 0.3) is 0 Å². The molecule has 1 saturated heterocycles. The van der Waals surface area contributed by atoms with Crippen LogP contribution < -0.4 is 10.6 Å². The molecule has 0 bridgehead atoms. The van der Waals surface area contributed by atoms with Crippen molar-refractivity contribution in [3.05, 3.63) is 29.8 Å². The van der Waals surface area contributed by atoms with Crippen molar-refractivity contribution in [2.75, 3.05) is 18.4 Å². The van der Waals surface area contributed by atoms with Crippen LogP contribution in [0, 0.1) is 0 Å². The Morgan fingerprint density at radius 2 is 1.83 bits per heavy atom. The number of benzene rings is 1. The summed E-state index contributed by atoms with van der Waals surface area (Å²) in [5.74, 6) is 0. The molecule has 0 aliphatic carbocycles. The number of piperidine rings is 1. The Morgan fingerprint density at radius 1 is 1.11 bits per heavy atom. The second kappa shape index (κ2) is 7.42. The lowest BCUT2D eigenvalue weighted by Gasteiger charge is -2.24. The van der Waals surface area contributed by atoms with E-state index >= 15 is 0 Å². The summed E-state index contributed by atoms with van der Waals surface area (Å²) in [6.07, 6.45) is 7.65. The second-order valence-corrected chi connectivity index (χ2v) is 5.32. The minimum atomic E-state index is 0.650. The summed E-state index contributed by atoms with van der Waals surface area (Å²) in [5.41, 5.74) is 2.75. The molecule has 18 heavy (non-hydrogen) atoms. The minimum Gasteiger partial charge on any atom is -0.382 e. The highest BCUT2D eigenvalue weighted by Gasteiger charge is 2.11. The molecule has 0 radical (unpaired) electrons. The molecule has 100 valence electrons. The zero-order chi connectivity index (χ0) is 12.6. The third-order valence-electron chi connectivity index (χ3n) is 3.73.